The van der Waals surface area contributed by atoms with Gasteiger partial charge in [-0.2, -0.15) is 0 Å². The van der Waals surface area contributed by atoms with Crippen LogP contribution in [-0.2, 0) is 0 Å². The molecular formula is C16H15NO2S. The number of benzene rings is 2. The van der Waals surface area contributed by atoms with Crippen molar-refractivity contribution in [3.05, 3.63) is 53.4 Å². The fourth-order valence-corrected chi connectivity index (χ4v) is 3.13. The van der Waals surface area contributed by atoms with Crippen LogP contribution >= 0.6 is 11.3 Å². The Hall–Kier alpha value is -2.20. The van der Waals surface area contributed by atoms with Crippen molar-refractivity contribution in [2.24, 2.45) is 0 Å². The molecule has 2 aromatic carbocycles. The molecule has 3 N–H and O–H groups in total. The molecule has 0 aliphatic heterocycles. The second-order valence-electron chi connectivity index (χ2n) is 4.75. The Labute approximate surface area is 121 Å². The summed E-state index contributed by atoms with van der Waals surface area (Å²) in [5, 5.41) is 26.3. The van der Waals surface area contributed by atoms with E-state index < -0.39 is 0 Å². The normalized spacial score (nSPS) is 12.4. The van der Waals surface area contributed by atoms with Crippen LogP contribution in [0.5, 0.6) is 11.5 Å². The maximum Gasteiger partial charge on any atom is 0.124 e. The van der Waals surface area contributed by atoms with Crippen molar-refractivity contribution in [2.45, 2.75) is 13.0 Å². The minimum atomic E-state index is -0.188. The summed E-state index contributed by atoms with van der Waals surface area (Å²) >= 11 is 1.71. The summed E-state index contributed by atoms with van der Waals surface area (Å²) in [7, 11) is 0. The highest BCUT2D eigenvalue weighted by Crippen LogP contribution is 2.34. The van der Waals surface area contributed by atoms with Crippen LogP contribution in [0.3, 0.4) is 0 Å². The van der Waals surface area contributed by atoms with Gasteiger partial charge in [0.25, 0.3) is 0 Å². The predicted molar refractivity (Wildman–Crippen MR) is 83.6 cm³/mol. The Kier molecular flexibility index (Phi) is 3.24. The van der Waals surface area contributed by atoms with E-state index in [0.29, 0.717) is 5.56 Å². The molecule has 1 atom stereocenters. The van der Waals surface area contributed by atoms with Crippen LogP contribution in [0.1, 0.15) is 18.5 Å². The lowest BCUT2D eigenvalue weighted by atomic mass is 10.1. The average molecular weight is 285 g/mol. The molecule has 0 spiro atoms. The van der Waals surface area contributed by atoms with Gasteiger partial charge in [0.1, 0.15) is 11.5 Å². The summed E-state index contributed by atoms with van der Waals surface area (Å²) in [6, 6.07) is 12.8. The van der Waals surface area contributed by atoms with Crippen LogP contribution in [0.2, 0.25) is 0 Å². The zero-order valence-corrected chi connectivity index (χ0v) is 11.8. The van der Waals surface area contributed by atoms with Crippen LogP contribution in [0.4, 0.5) is 5.69 Å². The van der Waals surface area contributed by atoms with Crippen LogP contribution < -0.4 is 5.32 Å². The molecule has 3 aromatic rings. The van der Waals surface area contributed by atoms with Gasteiger partial charge in [0.2, 0.25) is 0 Å². The minimum absolute atomic E-state index is 0.0987. The van der Waals surface area contributed by atoms with E-state index in [9.17, 15) is 10.2 Å². The van der Waals surface area contributed by atoms with Crippen molar-refractivity contribution in [1.29, 1.82) is 0 Å². The number of hydrogen-bond acceptors (Lipinski definition) is 4. The molecule has 102 valence electrons. The number of thiophene rings is 1. The van der Waals surface area contributed by atoms with Gasteiger partial charge >= 0.3 is 0 Å². The summed E-state index contributed by atoms with van der Waals surface area (Å²) in [5.74, 6) is 0.197. The van der Waals surface area contributed by atoms with E-state index in [4.69, 9.17) is 0 Å². The van der Waals surface area contributed by atoms with Gasteiger partial charge < -0.3 is 15.5 Å². The lowest BCUT2D eigenvalue weighted by molar-refractivity contribution is 0.434. The van der Waals surface area contributed by atoms with Crippen molar-refractivity contribution in [2.75, 3.05) is 5.32 Å². The average Bonchev–Trinajstić information content (AvgIpc) is 2.85. The minimum Gasteiger partial charge on any atom is -0.507 e. The maximum absolute atomic E-state index is 9.88. The van der Waals surface area contributed by atoms with E-state index in [1.54, 1.807) is 29.5 Å². The van der Waals surface area contributed by atoms with Gasteiger partial charge in [0.15, 0.2) is 0 Å². The molecule has 0 saturated heterocycles. The molecule has 1 aromatic heterocycles. The Morgan fingerprint density at radius 3 is 2.55 bits per heavy atom. The predicted octanol–water partition coefficient (Wildman–Crippen LogP) is 4.49. The first-order valence-corrected chi connectivity index (χ1v) is 7.28. The zero-order valence-electron chi connectivity index (χ0n) is 11.0. The second-order valence-corrected chi connectivity index (χ2v) is 5.70. The number of fused-ring (bicyclic) bond motifs is 1. The number of phenols is 2. The fourth-order valence-electron chi connectivity index (χ4n) is 2.36. The zero-order chi connectivity index (χ0) is 14.1. The third-order valence-corrected chi connectivity index (χ3v) is 4.23. The Balaban J connectivity index is 1.90. The van der Waals surface area contributed by atoms with E-state index in [0.717, 1.165) is 5.69 Å². The van der Waals surface area contributed by atoms with Gasteiger partial charge in [0, 0.05) is 10.4 Å². The Morgan fingerprint density at radius 2 is 1.80 bits per heavy atom. The first-order valence-electron chi connectivity index (χ1n) is 6.40. The van der Waals surface area contributed by atoms with E-state index in [2.05, 4.69) is 28.9 Å². The molecule has 3 rings (SSSR count). The molecule has 3 nitrogen and oxygen atoms in total. The maximum atomic E-state index is 9.88. The number of aromatic hydroxyl groups is 2. The number of nitrogens with one attached hydrogen (secondary N) is 1. The fraction of sp³-hybridized carbons (Fsp3) is 0.125. The molecule has 0 bridgehead atoms. The van der Waals surface area contributed by atoms with Gasteiger partial charge in [-0.3, -0.25) is 0 Å². The molecule has 1 unspecified atom stereocenters. The van der Waals surface area contributed by atoms with Gasteiger partial charge in [-0.05, 0) is 54.1 Å². The van der Waals surface area contributed by atoms with Crippen molar-refractivity contribution in [3.8, 4) is 11.5 Å². The van der Waals surface area contributed by atoms with Crippen molar-refractivity contribution in [1.82, 2.24) is 0 Å². The van der Waals surface area contributed by atoms with E-state index in [1.165, 1.54) is 10.1 Å². The molecule has 20 heavy (non-hydrogen) atoms. The summed E-state index contributed by atoms with van der Waals surface area (Å²) in [6.07, 6.45) is 0. The van der Waals surface area contributed by atoms with Gasteiger partial charge in [-0.25, -0.2) is 0 Å². The highest BCUT2D eigenvalue weighted by atomic mass is 32.1. The summed E-state index contributed by atoms with van der Waals surface area (Å²) in [6.45, 7) is 1.91. The second kappa shape index (κ2) is 5.06. The highest BCUT2D eigenvalue weighted by molar-refractivity contribution is 7.17. The summed E-state index contributed by atoms with van der Waals surface area (Å²) in [5.41, 5.74) is 1.48. The van der Waals surface area contributed by atoms with Crippen LogP contribution in [-0.4, -0.2) is 10.2 Å². The first kappa shape index (κ1) is 12.8. The third-order valence-electron chi connectivity index (χ3n) is 3.33. The van der Waals surface area contributed by atoms with Crippen LogP contribution in [0, 0.1) is 0 Å². The monoisotopic (exact) mass is 285 g/mol. The molecule has 1 heterocycles. The number of phenolic OH excluding ortho intramolecular Hbond substituents is 2. The molecule has 0 aliphatic rings. The van der Waals surface area contributed by atoms with Gasteiger partial charge in [-0.1, -0.05) is 6.07 Å². The van der Waals surface area contributed by atoms with Crippen molar-refractivity contribution in [3.63, 3.8) is 0 Å². The van der Waals surface area contributed by atoms with E-state index in [1.807, 2.05) is 13.0 Å². The standard InChI is InChI=1S/C16H15NO2S/c1-10(16-13(18)3-2-4-14(16)19)17-12-5-6-15-11(9-12)7-8-20-15/h2-10,17-19H,1H3. The molecule has 0 fully saturated rings. The van der Waals surface area contributed by atoms with Gasteiger partial charge in [-0.15, -0.1) is 11.3 Å². The largest absolute Gasteiger partial charge is 0.507 e. The molecular weight excluding hydrogens is 270 g/mol. The molecule has 0 saturated carbocycles. The quantitative estimate of drug-likeness (QED) is 0.664. The number of rotatable bonds is 3. The molecule has 0 radical (unpaired) electrons. The summed E-state index contributed by atoms with van der Waals surface area (Å²) < 4.78 is 1.24. The first-order chi connectivity index (χ1) is 9.65. The molecule has 0 aliphatic carbocycles. The Morgan fingerprint density at radius 1 is 1.05 bits per heavy atom. The third kappa shape index (κ3) is 2.30. The lowest BCUT2D eigenvalue weighted by Crippen LogP contribution is -2.07. The molecule has 4 heteroatoms. The Bertz CT molecular complexity index is 731. The SMILES string of the molecule is CC(Nc1ccc2sccc2c1)c1c(O)cccc1O. The number of anilines is 1. The van der Waals surface area contributed by atoms with Crippen molar-refractivity contribution < 1.29 is 10.2 Å². The van der Waals surface area contributed by atoms with Crippen LogP contribution in [0.25, 0.3) is 10.1 Å². The van der Waals surface area contributed by atoms with E-state index >= 15 is 0 Å². The van der Waals surface area contributed by atoms with Crippen LogP contribution in [0.15, 0.2) is 47.8 Å². The lowest BCUT2D eigenvalue weighted by Gasteiger charge is -2.18. The number of hydrogen-bond donors (Lipinski definition) is 3. The molecule has 0 amide bonds. The topological polar surface area (TPSA) is 52.5 Å². The van der Waals surface area contributed by atoms with Crippen molar-refractivity contribution >= 4 is 27.1 Å². The van der Waals surface area contributed by atoms with E-state index in [-0.39, 0.29) is 17.5 Å². The summed E-state index contributed by atoms with van der Waals surface area (Å²) in [4.78, 5) is 0. The highest BCUT2D eigenvalue weighted by Gasteiger charge is 2.14. The smallest absolute Gasteiger partial charge is 0.124 e. The van der Waals surface area contributed by atoms with Gasteiger partial charge in [0.05, 0.1) is 11.6 Å².